The molecular formula is C10H7F5N2O4. The number of hydrogen-bond acceptors (Lipinski definition) is 3. The van der Waals surface area contributed by atoms with E-state index < -0.39 is 59.4 Å². The fraction of sp³-hybridized carbons (Fsp3) is 0.200. The summed E-state index contributed by atoms with van der Waals surface area (Å²) in [6.45, 7) is -1.06. The van der Waals surface area contributed by atoms with Crippen LogP contribution in [-0.2, 0) is 4.79 Å². The lowest BCUT2D eigenvalue weighted by atomic mass is 10.2. The summed E-state index contributed by atoms with van der Waals surface area (Å²) in [5.41, 5.74) is -1.65. The lowest BCUT2D eigenvalue weighted by molar-refractivity contribution is -0.140. The molecule has 0 saturated heterocycles. The van der Waals surface area contributed by atoms with Crippen molar-refractivity contribution in [2.24, 2.45) is 0 Å². The van der Waals surface area contributed by atoms with E-state index in [1.165, 1.54) is 5.32 Å². The van der Waals surface area contributed by atoms with Crippen molar-refractivity contribution in [3.05, 3.63) is 29.1 Å². The van der Waals surface area contributed by atoms with Crippen LogP contribution < -0.4 is 10.6 Å². The summed E-state index contributed by atoms with van der Waals surface area (Å²) in [6.07, 6.45) is 0. The Morgan fingerprint density at radius 3 is 1.76 bits per heavy atom. The molecule has 1 atom stereocenters. The third-order valence-electron chi connectivity index (χ3n) is 2.23. The van der Waals surface area contributed by atoms with E-state index in [9.17, 15) is 31.5 Å². The molecule has 4 N–H and O–H groups in total. The van der Waals surface area contributed by atoms with Crippen molar-refractivity contribution in [2.75, 3.05) is 11.9 Å². The van der Waals surface area contributed by atoms with Crippen LogP contribution in [0.15, 0.2) is 0 Å². The van der Waals surface area contributed by atoms with Crippen molar-refractivity contribution >= 4 is 17.7 Å². The largest absolute Gasteiger partial charge is 0.480 e. The monoisotopic (exact) mass is 314 g/mol. The van der Waals surface area contributed by atoms with Crippen LogP contribution in [0.2, 0.25) is 0 Å². The summed E-state index contributed by atoms with van der Waals surface area (Å²) in [7, 11) is 0. The Bertz CT molecular complexity index is 566. The van der Waals surface area contributed by atoms with Crippen molar-refractivity contribution in [1.29, 1.82) is 0 Å². The van der Waals surface area contributed by atoms with E-state index >= 15 is 0 Å². The predicted molar refractivity (Wildman–Crippen MR) is 56.9 cm³/mol. The average Bonchev–Trinajstić information content (AvgIpc) is 2.44. The minimum atomic E-state index is -2.41. The molecule has 0 saturated carbocycles. The number of rotatable bonds is 4. The van der Waals surface area contributed by atoms with Gasteiger partial charge in [-0.1, -0.05) is 0 Å². The molecule has 0 aliphatic carbocycles. The molecule has 116 valence electrons. The fourth-order valence-corrected chi connectivity index (χ4v) is 1.21. The van der Waals surface area contributed by atoms with Crippen LogP contribution in [0.25, 0.3) is 0 Å². The molecule has 1 aromatic rings. The zero-order valence-electron chi connectivity index (χ0n) is 9.89. The van der Waals surface area contributed by atoms with Gasteiger partial charge >= 0.3 is 12.0 Å². The van der Waals surface area contributed by atoms with E-state index in [1.54, 1.807) is 5.32 Å². The summed E-state index contributed by atoms with van der Waals surface area (Å²) in [4.78, 5) is 21.7. The highest BCUT2D eigenvalue weighted by Gasteiger charge is 2.27. The molecule has 1 unspecified atom stereocenters. The minimum Gasteiger partial charge on any atom is -0.480 e. The van der Waals surface area contributed by atoms with Gasteiger partial charge in [-0.15, -0.1) is 0 Å². The number of nitrogens with one attached hydrogen (secondary N) is 2. The number of carbonyl (C=O) groups is 2. The van der Waals surface area contributed by atoms with Gasteiger partial charge in [-0.05, 0) is 0 Å². The number of aliphatic hydroxyl groups is 1. The van der Waals surface area contributed by atoms with E-state index in [4.69, 9.17) is 10.2 Å². The Labute approximate surface area is 113 Å². The maximum Gasteiger partial charge on any atom is 0.328 e. The Balaban J connectivity index is 3.04. The first-order valence-corrected chi connectivity index (χ1v) is 5.13. The highest BCUT2D eigenvalue weighted by atomic mass is 19.2. The van der Waals surface area contributed by atoms with Gasteiger partial charge in [0.05, 0.1) is 6.61 Å². The number of aliphatic hydroxyl groups excluding tert-OH is 1. The molecule has 0 aromatic heterocycles. The molecule has 0 aliphatic heterocycles. The first-order chi connectivity index (χ1) is 9.70. The van der Waals surface area contributed by atoms with Crippen molar-refractivity contribution in [3.63, 3.8) is 0 Å². The van der Waals surface area contributed by atoms with Crippen LogP contribution in [0.1, 0.15) is 0 Å². The lowest BCUT2D eigenvalue weighted by Crippen LogP contribution is -2.45. The van der Waals surface area contributed by atoms with Gasteiger partial charge in [-0.2, -0.15) is 0 Å². The van der Waals surface area contributed by atoms with Gasteiger partial charge in [-0.25, -0.2) is 31.5 Å². The van der Waals surface area contributed by atoms with Crippen molar-refractivity contribution in [2.45, 2.75) is 6.04 Å². The number of halogens is 5. The first-order valence-electron chi connectivity index (χ1n) is 5.13. The molecule has 1 aromatic carbocycles. The van der Waals surface area contributed by atoms with Gasteiger partial charge in [0, 0.05) is 0 Å². The molecule has 0 radical (unpaired) electrons. The highest BCUT2D eigenvalue weighted by Crippen LogP contribution is 2.26. The summed E-state index contributed by atoms with van der Waals surface area (Å²) in [6, 6.07) is -3.41. The molecular weight excluding hydrogens is 307 g/mol. The predicted octanol–water partition coefficient (Wildman–Crippen LogP) is 0.949. The van der Waals surface area contributed by atoms with Crippen LogP contribution in [0, 0.1) is 29.1 Å². The van der Waals surface area contributed by atoms with Crippen LogP contribution in [0.5, 0.6) is 0 Å². The summed E-state index contributed by atoms with van der Waals surface area (Å²) >= 11 is 0. The number of carbonyl (C=O) groups excluding carboxylic acids is 1. The second-order valence-corrected chi connectivity index (χ2v) is 3.62. The van der Waals surface area contributed by atoms with Gasteiger partial charge < -0.3 is 20.8 Å². The van der Waals surface area contributed by atoms with Gasteiger partial charge in [0.1, 0.15) is 5.69 Å². The molecule has 11 heteroatoms. The normalized spacial score (nSPS) is 11.9. The summed E-state index contributed by atoms with van der Waals surface area (Å²) in [5, 5.41) is 19.9. The molecule has 2 amide bonds. The number of anilines is 1. The fourth-order valence-electron chi connectivity index (χ4n) is 1.21. The molecule has 0 spiro atoms. The standard InChI is InChI=1S/C10H7F5N2O4/c11-3-4(12)6(14)8(7(15)5(3)13)17-10(21)16-2(1-18)9(19)20/h2,18H,1H2,(H,19,20)(H2,16,17,21). The maximum absolute atomic E-state index is 13.2. The average molecular weight is 314 g/mol. The summed E-state index contributed by atoms with van der Waals surface area (Å²) in [5.74, 6) is -13.2. The molecule has 0 bridgehead atoms. The molecule has 6 nitrogen and oxygen atoms in total. The van der Waals surface area contributed by atoms with Gasteiger partial charge in [0.25, 0.3) is 0 Å². The molecule has 1 rings (SSSR count). The SMILES string of the molecule is O=C(Nc1c(F)c(F)c(F)c(F)c1F)NC(CO)C(=O)O. The van der Waals surface area contributed by atoms with Crippen molar-refractivity contribution < 1.29 is 41.8 Å². The zero-order valence-corrected chi connectivity index (χ0v) is 9.89. The maximum atomic E-state index is 13.2. The summed E-state index contributed by atoms with van der Waals surface area (Å²) < 4.78 is 64.8. The van der Waals surface area contributed by atoms with Crippen LogP contribution >= 0.6 is 0 Å². The zero-order chi connectivity index (χ0) is 16.3. The number of aliphatic carboxylic acids is 1. The number of urea groups is 1. The number of carboxylic acids is 1. The third kappa shape index (κ3) is 3.37. The van der Waals surface area contributed by atoms with Gasteiger partial charge in [-0.3, -0.25) is 0 Å². The number of benzene rings is 1. The Kier molecular flexibility index (Phi) is 5.02. The highest BCUT2D eigenvalue weighted by molar-refractivity contribution is 5.92. The van der Waals surface area contributed by atoms with E-state index in [0.717, 1.165) is 0 Å². The van der Waals surface area contributed by atoms with Crippen LogP contribution in [-0.4, -0.2) is 34.9 Å². The second-order valence-electron chi connectivity index (χ2n) is 3.62. The third-order valence-corrected chi connectivity index (χ3v) is 2.23. The Hall–Kier alpha value is -2.43. The van der Waals surface area contributed by atoms with Crippen LogP contribution in [0.3, 0.4) is 0 Å². The van der Waals surface area contributed by atoms with E-state index in [2.05, 4.69) is 0 Å². The molecule has 0 aliphatic rings. The van der Waals surface area contributed by atoms with Crippen LogP contribution in [0.4, 0.5) is 32.4 Å². The smallest absolute Gasteiger partial charge is 0.328 e. The molecule has 0 heterocycles. The minimum absolute atomic E-state index is 1.06. The Morgan fingerprint density at radius 1 is 0.952 bits per heavy atom. The first kappa shape index (κ1) is 16.6. The number of amides is 2. The molecule has 0 fully saturated rings. The van der Waals surface area contributed by atoms with E-state index in [1.807, 2.05) is 0 Å². The topological polar surface area (TPSA) is 98.7 Å². The lowest BCUT2D eigenvalue weighted by Gasteiger charge is -2.14. The van der Waals surface area contributed by atoms with Gasteiger partial charge in [0.2, 0.25) is 5.82 Å². The number of hydrogen-bond donors (Lipinski definition) is 4. The second kappa shape index (κ2) is 6.35. The van der Waals surface area contributed by atoms with E-state index in [-0.39, 0.29) is 0 Å². The number of carboxylic acid groups (broad SMARTS) is 1. The molecule has 21 heavy (non-hydrogen) atoms. The van der Waals surface area contributed by atoms with Crippen molar-refractivity contribution in [3.8, 4) is 0 Å². The van der Waals surface area contributed by atoms with E-state index in [0.29, 0.717) is 0 Å². The van der Waals surface area contributed by atoms with Crippen molar-refractivity contribution in [1.82, 2.24) is 5.32 Å². The van der Waals surface area contributed by atoms with Gasteiger partial charge in [0.15, 0.2) is 29.3 Å². The quantitative estimate of drug-likeness (QED) is 0.378. The Morgan fingerprint density at radius 2 is 1.38 bits per heavy atom.